The molecule has 3 nitrogen and oxygen atoms in total. The lowest BCUT2D eigenvalue weighted by atomic mass is 9.82. The van der Waals surface area contributed by atoms with Crippen LogP contribution in [-0.4, -0.2) is 23.4 Å². The van der Waals surface area contributed by atoms with Crippen molar-refractivity contribution < 1.29 is 14.8 Å². The fourth-order valence-electron chi connectivity index (χ4n) is 3.34. The second kappa shape index (κ2) is 8.39. The lowest BCUT2D eigenvalue weighted by Gasteiger charge is -2.21. The van der Waals surface area contributed by atoms with Crippen LogP contribution in [0.1, 0.15) is 35.1 Å². The molecule has 0 saturated carbocycles. The number of phenols is 1. The molecule has 3 rings (SSSR count). The van der Waals surface area contributed by atoms with Gasteiger partial charge >= 0.3 is 7.12 Å². The normalized spacial score (nSPS) is 17.6. The molecule has 0 amide bonds. The third kappa shape index (κ3) is 4.66. The van der Waals surface area contributed by atoms with Gasteiger partial charge in [0.25, 0.3) is 0 Å². The second-order valence-electron chi connectivity index (χ2n) is 6.87. The van der Waals surface area contributed by atoms with Gasteiger partial charge in [0.1, 0.15) is 5.75 Å². The maximum Gasteiger partial charge on any atom is 0.458 e. The van der Waals surface area contributed by atoms with Crippen molar-refractivity contribution >= 4 is 18.8 Å². The summed E-state index contributed by atoms with van der Waals surface area (Å²) < 4.78 is 5.59. The third-order valence-electron chi connectivity index (χ3n) is 4.72. The Morgan fingerprint density at radius 3 is 2.54 bits per heavy atom. The molecular weight excluding hydrogens is 323 g/mol. The number of rotatable bonds is 5. The molecule has 134 valence electrons. The van der Waals surface area contributed by atoms with Gasteiger partial charge in [0.05, 0.1) is 6.10 Å². The van der Waals surface area contributed by atoms with Crippen molar-refractivity contribution in [3.8, 4) is 5.75 Å². The van der Waals surface area contributed by atoms with Crippen molar-refractivity contribution in [1.82, 2.24) is 0 Å². The Balaban J connectivity index is 1.86. The van der Waals surface area contributed by atoms with E-state index in [4.69, 9.17) is 4.65 Å². The number of hydrogen-bond acceptors (Lipinski definition) is 3. The fraction of sp³-hybridized carbons (Fsp3) is 0.273. The zero-order valence-electron chi connectivity index (χ0n) is 15.4. The number of aryl methyl sites for hydroxylation is 2. The summed E-state index contributed by atoms with van der Waals surface area (Å²) in [5.74, 6) is 0.359. The van der Waals surface area contributed by atoms with E-state index >= 15 is 0 Å². The Labute approximate surface area is 155 Å². The molecule has 0 bridgehead atoms. The maximum atomic E-state index is 10.0. The predicted molar refractivity (Wildman–Crippen MR) is 108 cm³/mol. The Bertz CT molecular complexity index is 788. The predicted octanol–water partition coefficient (Wildman–Crippen LogP) is 4.77. The van der Waals surface area contributed by atoms with E-state index in [-0.39, 0.29) is 6.10 Å². The highest BCUT2D eigenvalue weighted by Crippen LogP contribution is 2.29. The van der Waals surface area contributed by atoms with Gasteiger partial charge < -0.3 is 14.8 Å². The Hall–Kier alpha value is -2.30. The average molecular weight is 348 g/mol. The van der Waals surface area contributed by atoms with Gasteiger partial charge in [-0.05, 0) is 66.6 Å². The molecule has 0 aromatic heterocycles. The van der Waals surface area contributed by atoms with Crippen molar-refractivity contribution in [3.05, 3.63) is 76.9 Å². The number of benzene rings is 2. The summed E-state index contributed by atoms with van der Waals surface area (Å²) in [7, 11) is -0.698. The molecule has 1 aliphatic heterocycles. The standard InChI is InChI=1S/C22H25BO3/c1-16-13-18(14-17(2)22(16)24)15-20(19-7-4-3-5-8-19)10-11-21-9-6-12-23(25)26-21/h3-9,13-15,21,24-25H,10-12H2,1-2H3/b20-15-/t21-/m0/s1. The van der Waals surface area contributed by atoms with Crippen molar-refractivity contribution in [2.45, 2.75) is 39.1 Å². The molecule has 0 aliphatic carbocycles. The van der Waals surface area contributed by atoms with E-state index in [2.05, 4.69) is 18.2 Å². The highest BCUT2D eigenvalue weighted by Gasteiger charge is 2.20. The molecular formula is C22H25BO3. The smallest absolute Gasteiger partial charge is 0.458 e. The minimum Gasteiger partial charge on any atom is -0.507 e. The molecule has 2 N–H and O–H groups in total. The van der Waals surface area contributed by atoms with Crippen LogP contribution in [-0.2, 0) is 4.65 Å². The molecule has 1 atom stereocenters. The van der Waals surface area contributed by atoms with E-state index < -0.39 is 7.12 Å². The van der Waals surface area contributed by atoms with Gasteiger partial charge in [-0.3, -0.25) is 0 Å². The fourth-order valence-corrected chi connectivity index (χ4v) is 3.34. The first-order valence-corrected chi connectivity index (χ1v) is 9.09. The summed E-state index contributed by atoms with van der Waals surface area (Å²) in [5.41, 5.74) is 5.23. The number of allylic oxidation sites excluding steroid dienone is 2. The summed E-state index contributed by atoms with van der Waals surface area (Å²) in [6, 6.07) is 14.3. The molecule has 0 spiro atoms. The minimum atomic E-state index is -0.698. The molecule has 2 aromatic rings. The van der Waals surface area contributed by atoms with Crippen LogP contribution in [0.2, 0.25) is 6.32 Å². The molecule has 0 radical (unpaired) electrons. The van der Waals surface area contributed by atoms with Crippen molar-refractivity contribution in [1.29, 1.82) is 0 Å². The van der Waals surface area contributed by atoms with Gasteiger partial charge in [-0.1, -0.05) is 48.6 Å². The largest absolute Gasteiger partial charge is 0.507 e. The average Bonchev–Trinajstić information content (AvgIpc) is 2.64. The van der Waals surface area contributed by atoms with Crippen LogP contribution in [0.5, 0.6) is 5.75 Å². The van der Waals surface area contributed by atoms with Gasteiger partial charge in [0, 0.05) is 6.32 Å². The molecule has 0 unspecified atom stereocenters. The molecule has 1 heterocycles. The van der Waals surface area contributed by atoms with Crippen LogP contribution in [0.4, 0.5) is 0 Å². The van der Waals surface area contributed by atoms with Crippen LogP contribution in [0, 0.1) is 13.8 Å². The molecule has 0 fully saturated rings. The minimum absolute atomic E-state index is 0.0610. The zero-order valence-corrected chi connectivity index (χ0v) is 15.4. The summed E-state index contributed by atoms with van der Waals surface area (Å²) in [6.45, 7) is 3.84. The number of hydrogen-bond donors (Lipinski definition) is 2. The van der Waals surface area contributed by atoms with E-state index in [1.54, 1.807) is 0 Å². The molecule has 26 heavy (non-hydrogen) atoms. The van der Waals surface area contributed by atoms with E-state index in [0.717, 1.165) is 29.5 Å². The number of phenolic OH excluding ortho intramolecular Hbond substituents is 1. The quantitative estimate of drug-likeness (QED) is 0.465. The first-order chi connectivity index (χ1) is 12.5. The van der Waals surface area contributed by atoms with Gasteiger partial charge in [0.15, 0.2) is 0 Å². The van der Waals surface area contributed by atoms with Gasteiger partial charge in [0.2, 0.25) is 0 Å². The maximum absolute atomic E-state index is 10.0. The second-order valence-corrected chi connectivity index (χ2v) is 6.87. The van der Waals surface area contributed by atoms with Gasteiger partial charge in [-0.25, -0.2) is 0 Å². The lowest BCUT2D eigenvalue weighted by molar-refractivity contribution is 0.193. The summed E-state index contributed by atoms with van der Waals surface area (Å²) >= 11 is 0. The van der Waals surface area contributed by atoms with E-state index in [1.807, 2.05) is 56.3 Å². The number of aromatic hydroxyl groups is 1. The zero-order chi connectivity index (χ0) is 18.5. The van der Waals surface area contributed by atoms with Gasteiger partial charge in [-0.2, -0.15) is 0 Å². The van der Waals surface area contributed by atoms with Crippen LogP contribution in [0.15, 0.2) is 54.6 Å². The van der Waals surface area contributed by atoms with E-state index in [9.17, 15) is 10.1 Å². The van der Waals surface area contributed by atoms with Crippen LogP contribution in [0.3, 0.4) is 0 Å². The van der Waals surface area contributed by atoms with E-state index in [0.29, 0.717) is 12.1 Å². The monoisotopic (exact) mass is 348 g/mol. The van der Waals surface area contributed by atoms with Crippen molar-refractivity contribution in [3.63, 3.8) is 0 Å². The molecule has 0 saturated heterocycles. The summed E-state index contributed by atoms with van der Waals surface area (Å²) in [4.78, 5) is 0. The molecule has 2 aromatic carbocycles. The first kappa shape index (κ1) is 18.5. The highest BCUT2D eigenvalue weighted by atomic mass is 16.5. The Kier molecular flexibility index (Phi) is 5.97. The molecule has 1 aliphatic rings. The van der Waals surface area contributed by atoms with Crippen LogP contribution >= 0.6 is 0 Å². The topological polar surface area (TPSA) is 49.7 Å². The third-order valence-corrected chi connectivity index (χ3v) is 4.72. The van der Waals surface area contributed by atoms with Crippen molar-refractivity contribution in [2.24, 2.45) is 0 Å². The summed E-state index contributed by atoms with van der Waals surface area (Å²) in [6.07, 6.45) is 8.34. The van der Waals surface area contributed by atoms with Crippen molar-refractivity contribution in [2.75, 3.05) is 0 Å². The van der Waals surface area contributed by atoms with E-state index in [1.165, 1.54) is 11.1 Å². The SMILES string of the molecule is Cc1cc(/C=C(/CC[C@@H]2C=CCB(O)O2)c2ccccc2)cc(C)c1O. The summed E-state index contributed by atoms with van der Waals surface area (Å²) in [5, 5.41) is 19.7. The Morgan fingerprint density at radius 1 is 1.19 bits per heavy atom. The van der Waals surface area contributed by atoms with Crippen LogP contribution < -0.4 is 0 Å². The van der Waals surface area contributed by atoms with Gasteiger partial charge in [-0.15, -0.1) is 0 Å². The first-order valence-electron chi connectivity index (χ1n) is 9.09. The molecule has 4 heteroatoms. The lowest BCUT2D eigenvalue weighted by Crippen LogP contribution is -2.27. The Morgan fingerprint density at radius 2 is 1.88 bits per heavy atom. The van der Waals surface area contributed by atoms with Crippen LogP contribution in [0.25, 0.3) is 11.6 Å². The highest BCUT2D eigenvalue weighted by molar-refractivity contribution is 6.43.